The number of ether oxygens (including phenoxy) is 1. The van der Waals surface area contributed by atoms with Crippen molar-refractivity contribution in [1.29, 1.82) is 0 Å². The maximum Gasteiger partial charge on any atom is 0.234 e. The van der Waals surface area contributed by atoms with Crippen LogP contribution in [-0.2, 0) is 4.79 Å². The van der Waals surface area contributed by atoms with Gasteiger partial charge in [-0.05, 0) is 38.4 Å². The van der Waals surface area contributed by atoms with Crippen molar-refractivity contribution in [2.75, 3.05) is 26.2 Å². The van der Waals surface area contributed by atoms with Crippen LogP contribution in [0.3, 0.4) is 0 Å². The van der Waals surface area contributed by atoms with Crippen LogP contribution in [0.1, 0.15) is 26.2 Å². The topological polar surface area (TPSA) is 41.6 Å². The van der Waals surface area contributed by atoms with Crippen LogP contribution in [0.2, 0.25) is 0 Å². The zero-order valence-electron chi connectivity index (χ0n) is 12.2. The fourth-order valence-corrected chi connectivity index (χ4v) is 2.51. The Labute approximate surface area is 121 Å². The Morgan fingerprint density at radius 1 is 1.35 bits per heavy atom. The molecule has 20 heavy (non-hydrogen) atoms. The van der Waals surface area contributed by atoms with Crippen LogP contribution in [0.25, 0.3) is 0 Å². The second-order valence-corrected chi connectivity index (χ2v) is 5.33. The summed E-state index contributed by atoms with van der Waals surface area (Å²) in [5.41, 5.74) is 0. The Morgan fingerprint density at radius 3 is 2.90 bits per heavy atom. The number of hydrogen-bond donors (Lipinski definition) is 1. The summed E-state index contributed by atoms with van der Waals surface area (Å²) in [5.74, 6) is 0.932. The van der Waals surface area contributed by atoms with Crippen molar-refractivity contribution in [1.82, 2.24) is 10.2 Å². The van der Waals surface area contributed by atoms with Crippen molar-refractivity contribution in [3.63, 3.8) is 0 Å². The Bertz CT molecular complexity index is 408. The van der Waals surface area contributed by atoms with Crippen molar-refractivity contribution in [2.45, 2.75) is 32.2 Å². The Kier molecular flexibility index (Phi) is 5.87. The first-order valence-corrected chi connectivity index (χ1v) is 7.44. The van der Waals surface area contributed by atoms with Gasteiger partial charge in [-0.2, -0.15) is 0 Å². The van der Waals surface area contributed by atoms with E-state index in [0.717, 1.165) is 12.3 Å². The molecule has 0 radical (unpaired) electrons. The van der Waals surface area contributed by atoms with Crippen molar-refractivity contribution >= 4 is 5.91 Å². The summed E-state index contributed by atoms with van der Waals surface area (Å²) in [7, 11) is 0. The molecule has 1 amide bonds. The second kappa shape index (κ2) is 7.90. The third-order valence-electron chi connectivity index (χ3n) is 3.72. The molecule has 0 spiro atoms. The van der Waals surface area contributed by atoms with Gasteiger partial charge < -0.3 is 10.1 Å². The van der Waals surface area contributed by atoms with Gasteiger partial charge in [-0.3, -0.25) is 9.69 Å². The van der Waals surface area contributed by atoms with E-state index < -0.39 is 0 Å². The van der Waals surface area contributed by atoms with Crippen LogP contribution in [0.5, 0.6) is 5.75 Å². The molecule has 0 aliphatic carbocycles. The molecule has 4 nitrogen and oxygen atoms in total. The SMILES string of the molecule is CC1CCCCN1CC(=O)NCCOc1ccccc1. The Morgan fingerprint density at radius 2 is 2.15 bits per heavy atom. The van der Waals surface area contributed by atoms with Crippen LogP contribution < -0.4 is 10.1 Å². The van der Waals surface area contributed by atoms with E-state index in [2.05, 4.69) is 17.1 Å². The fourth-order valence-electron chi connectivity index (χ4n) is 2.51. The average Bonchev–Trinajstić information content (AvgIpc) is 2.47. The van der Waals surface area contributed by atoms with E-state index in [1.54, 1.807) is 0 Å². The minimum Gasteiger partial charge on any atom is -0.492 e. The van der Waals surface area contributed by atoms with E-state index >= 15 is 0 Å². The largest absolute Gasteiger partial charge is 0.492 e. The molecular formula is C16H24N2O2. The molecule has 0 bridgehead atoms. The van der Waals surface area contributed by atoms with Crippen LogP contribution >= 0.6 is 0 Å². The zero-order valence-corrected chi connectivity index (χ0v) is 12.2. The molecule has 1 aromatic rings. The molecular weight excluding hydrogens is 252 g/mol. The van der Waals surface area contributed by atoms with E-state index in [1.807, 2.05) is 30.3 Å². The number of amides is 1. The van der Waals surface area contributed by atoms with Crippen LogP contribution in [-0.4, -0.2) is 43.1 Å². The normalized spacial score (nSPS) is 19.6. The number of piperidine rings is 1. The summed E-state index contributed by atoms with van der Waals surface area (Å²) in [6.07, 6.45) is 3.68. The number of carbonyl (C=O) groups excluding carboxylic acids is 1. The molecule has 1 atom stereocenters. The van der Waals surface area contributed by atoms with Gasteiger partial charge in [-0.15, -0.1) is 0 Å². The minimum absolute atomic E-state index is 0.0930. The molecule has 110 valence electrons. The lowest BCUT2D eigenvalue weighted by molar-refractivity contribution is -0.123. The standard InChI is InChI=1S/C16H24N2O2/c1-14-7-5-6-11-18(14)13-16(19)17-10-12-20-15-8-3-2-4-9-15/h2-4,8-9,14H,5-7,10-13H2,1H3,(H,17,19). The summed E-state index contributed by atoms with van der Waals surface area (Å²) in [5, 5.41) is 2.92. The number of carbonyl (C=O) groups is 1. The summed E-state index contributed by atoms with van der Waals surface area (Å²) < 4.78 is 5.54. The number of nitrogens with zero attached hydrogens (tertiary/aromatic N) is 1. The first-order chi connectivity index (χ1) is 9.75. The van der Waals surface area contributed by atoms with Crippen LogP contribution in [0.4, 0.5) is 0 Å². The molecule has 0 saturated carbocycles. The van der Waals surface area contributed by atoms with Gasteiger partial charge in [0.05, 0.1) is 13.1 Å². The molecule has 0 aromatic heterocycles. The molecule has 2 rings (SSSR count). The van der Waals surface area contributed by atoms with Crippen molar-refractivity contribution in [2.24, 2.45) is 0 Å². The molecule has 4 heteroatoms. The van der Waals surface area contributed by atoms with E-state index in [0.29, 0.717) is 25.7 Å². The fraction of sp³-hybridized carbons (Fsp3) is 0.562. The highest BCUT2D eigenvalue weighted by Crippen LogP contribution is 2.15. The number of rotatable bonds is 6. The maximum absolute atomic E-state index is 11.9. The molecule has 1 aliphatic rings. The Balaban J connectivity index is 1.60. The average molecular weight is 276 g/mol. The van der Waals surface area contributed by atoms with E-state index in [1.165, 1.54) is 19.3 Å². The quantitative estimate of drug-likeness (QED) is 0.809. The van der Waals surface area contributed by atoms with E-state index in [-0.39, 0.29) is 5.91 Å². The number of para-hydroxylation sites is 1. The lowest BCUT2D eigenvalue weighted by atomic mass is 10.0. The lowest BCUT2D eigenvalue weighted by Gasteiger charge is -2.32. The van der Waals surface area contributed by atoms with Gasteiger partial charge >= 0.3 is 0 Å². The van der Waals surface area contributed by atoms with Gasteiger partial charge in [0, 0.05) is 6.04 Å². The van der Waals surface area contributed by atoms with Gasteiger partial charge in [-0.1, -0.05) is 24.6 Å². The molecule has 1 N–H and O–H groups in total. The maximum atomic E-state index is 11.9. The molecule has 1 unspecified atom stereocenters. The molecule has 1 aromatic carbocycles. The number of benzene rings is 1. The van der Waals surface area contributed by atoms with Crippen molar-refractivity contribution in [3.05, 3.63) is 30.3 Å². The lowest BCUT2D eigenvalue weighted by Crippen LogP contribution is -2.44. The van der Waals surface area contributed by atoms with Crippen LogP contribution in [0.15, 0.2) is 30.3 Å². The van der Waals surface area contributed by atoms with Gasteiger partial charge in [0.25, 0.3) is 0 Å². The summed E-state index contributed by atoms with van der Waals surface area (Å²) in [4.78, 5) is 14.1. The highest BCUT2D eigenvalue weighted by molar-refractivity contribution is 5.78. The van der Waals surface area contributed by atoms with Gasteiger partial charge in [0.2, 0.25) is 5.91 Å². The number of nitrogens with one attached hydrogen (secondary N) is 1. The molecule has 1 heterocycles. The minimum atomic E-state index is 0.0930. The summed E-state index contributed by atoms with van der Waals surface area (Å²) in [6.45, 7) is 4.80. The zero-order chi connectivity index (χ0) is 14.2. The van der Waals surface area contributed by atoms with E-state index in [9.17, 15) is 4.79 Å². The highest BCUT2D eigenvalue weighted by Gasteiger charge is 2.20. The molecule has 1 fully saturated rings. The van der Waals surface area contributed by atoms with Gasteiger partial charge in [0.1, 0.15) is 12.4 Å². The first-order valence-electron chi connectivity index (χ1n) is 7.44. The van der Waals surface area contributed by atoms with Crippen molar-refractivity contribution in [3.8, 4) is 5.75 Å². The predicted molar refractivity (Wildman–Crippen MR) is 79.8 cm³/mol. The van der Waals surface area contributed by atoms with Gasteiger partial charge in [0.15, 0.2) is 0 Å². The van der Waals surface area contributed by atoms with Crippen LogP contribution in [0, 0.1) is 0 Å². The molecule has 1 saturated heterocycles. The van der Waals surface area contributed by atoms with Crippen molar-refractivity contribution < 1.29 is 9.53 Å². The first kappa shape index (κ1) is 14.9. The third-order valence-corrected chi connectivity index (χ3v) is 3.72. The number of hydrogen-bond acceptors (Lipinski definition) is 3. The third kappa shape index (κ3) is 4.85. The second-order valence-electron chi connectivity index (χ2n) is 5.33. The Hall–Kier alpha value is -1.55. The monoisotopic (exact) mass is 276 g/mol. The van der Waals surface area contributed by atoms with E-state index in [4.69, 9.17) is 4.74 Å². The predicted octanol–water partition coefficient (Wildman–Crippen LogP) is 2.06. The highest BCUT2D eigenvalue weighted by atomic mass is 16.5. The smallest absolute Gasteiger partial charge is 0.234 e. The summed E-state index contributed by atoms with van der Waals surface area (Å²) >= 11 is 0. The van der Waals surface area contributed by atoms with Gasteiger partial charge in [-0.25, -0.2) is 0 Å². The number of likely N-dealkylation sites (tertiary alicyclic amines) is 1. The molecule has 1 aliphatic heterocycles. The summed E-state index contributed by atoms with van der Waals surface area (Å²) in [6, 6.07) is 10.2.